The van der Waals surface area contributed by atoms with E-state index in [1.165, 1.54) is 6.07 Å². The summed E-state index contributed by atoms with van der Waals surface area (Å²) >= 11 is 0. The average Bonchev–Trinajstić information content (AvgIpc) is 2.46. The van der Waals surface area contributed by atoms with Crippen LogP contribution in [0.1, 0.15) is 37.7 Å². The summed E-state index contributed by atoms with van der Waals surface area (Å²) in [6, 6.07) is 5.07. The third-order valence-electron chi connectivity index (χ3n) is 4.28. The Morgan fingerprint density at radius 3 is 2.43 bits per heavy atom. The van der Waals surface area contributed by atoms with Gasteiger partial charge >= 0.3 is 6.18 Å². The Hall–Kier alpha value is -2.25. The highest BCUT2D eigenvalue weighted by atomic mass is 19.4. The van der Waals surface area contributed by atoms with E-state index in [0.29, 0.717) is 18.5 Å². The number of rotatable bonds is 1. The SMILES string of the molecule is NC1=NC2(CCCCC2)N(c2cccc(C(F)(F)F)c2)C(N)=N1. The van der Waals surface area contributed by atoms with Gasteiger partial charge in [-0.05, 0) is 43.9 Å². The van der Waals surface area contributed by atoms with Gasteiger partial charge in [-0.25, -0.2) is 4.99 Å². The van der Waals surface area contributed by atoms with Crippen LogP contribution in [0, 0.1) is 0 Å². The van der Waals surface area contributed by atoms with Crippen LogP contribution in [0.25, 0.3) is 0 Å². The maximum Gasteiger partial charge on any atom is 0.416 e. The van der Waals surface area contributed by atoms with Gasteiger partial charge in [0, 0.05) is 5.69 Å². The number of nitrogens with zero attached hydrogens (tertiary/aromatic N) is 3. The lowest BCUT2D eigenvalue weighted by atomic mass is 9.87. The molecule has 8 heteroatoms. The standard InChI is InChI=1S/C15H18F3N5/c16-15(17,18)10-5-4-6-11(9-10)23-13(20)21-12(19)22-14(23)7-2-1-3-8-14/h4-6,9H,1-3,7-8H2,(H4,19,20,21,22). The molecule has 124 valence electrons. The Balaban J connectivity index is 2.07. The van der Waals surface area contributed by atoms with Crippen molar-refractivity contribution < 1.29 is 13.2 Å². The number of hydrogen-bond donors (Lipinski definition) is 2. The Morgan fingerprint density at radius 2 is 1.78 bits per heavy atom. The Morgan fingerprint density at radius 1 is 1.09 bits per heavy atom. The maximum absolute atomic E-state index is 13.0. The number of nitrogens with two attached hydrogens (primary N) is 2. The first-order valence-corrected chi connectivity index (χ1v) is 7.49. The van der Waals surface area contributed by atoms with Gasteiger partial charge in [-0.2, -0.15) is 18.2 Å². The predicted molar refractivity (Wildman–Crippen MR) is 83.0 cm³/mol. The summed E-state index contributed by atoms with van der Waals surface area (Å²) in [6.45, 7) is 0. The highest BCUT2D eigenvalue weighted by Crippen LogP contribution is 2.40. The summed E-state index contributed by atoms with van der Waals surface area (Å²) < 4.78 is 39.0. The van der Waals surface area contributed by atoms with Crippen molar-refractivity contribution in [3.05, 3.63) is 29.8 Å². The second-order valence-electron chi connectivity index (χ2n) is 5.87. The lowest BCUT2D eigenvalue weighted by Crippen LogP contribution is -2.58. The van der Waals surface area contributed by atoms with Gasteiger partial charge in [0.2, 0.25) is 11.9 Å². The number of benzene rings is 1. The lowest BCUT2D eigenvalue weighted by molar-refractivity contribution is -0.137. The van der Waals surface area contributed by atoms with E-state index in [0.717, 1.165) is 31.4 Å². The second-order valence-corrected chi connectivity index (χ2v) is 5.87. The molecule has 1 aromatic rings. The van der Waals surface area contributed by atoms with Crippen molar-refractivity contribution in [1.82, 2.24) is 0 Å². The van der Waals surface area contributed by atoms with Crippen LogP contribution in [0.4, 0.5) is 18.9 Å². The first kappa shape index (κ1) is 15.6. The Kier molecular flexibility index (Phi) is 3.69. The molecule has 2 aliphatic rings. The minimum absolute atomic E-state index is 0.0765. The molecule has 0 amide bonds. The molecule has 4 N–H and O–H groups in total. The highest BCUT2D eigenvalue weighted by Gasteiger charge is 2.43. The van der Waals surface area contributed by atoms with E-state index in [1.807, 2.05) is 0 Å². The van der Waals surface area contributed by atoms with Crippen LogP contribution in [0.2, 0.25) is 0 Å². The fourth-order valence-corrected chi connectivity index (χ4v) is 3.32. The number of hydrogen-bond acceptors (Lipinski definition) is 5. The number of anilines is 1. The molecule has 1 fully saturated rings. The third kappa shape index (κ3) is 2.85. The quantitative estimate of drug-likeness (QED) is 0.833. The molecule has 1 aromatic carbocycles. The molecule has 23 heavy (non-hydrogen) atoms. The van der Waals surface area contributed by atoms with Crippen molar-refractivity contribution in [3.63, 3.8) is 0 Å². The van der Waals surface area contributed by atoms with Crippen LogP contribution in [0.15, 0.2) is 34.3 Å². The summed E-state index contributed by atoms with van der Waals surface area (Å²) in [7, 11) is 0. The van der Waals surface area contributed by atoms with E-state index < -0.39 is 17.4 Å². The molecule has 0 unspecified atom stereocenters. The summed E-state index contributed by atoms with van der Waals surface area (Å²) in [5, 5.41) is 0. The number of guanidine groups is 2. The zero-order valence-corrected chi connectivity index (χ0v) is 12.5. The van der Waals surface area contributed by atoms with Crippen molar-refractivity contribution in [3.8, 4) is 0 Å². The first-order chi connectivity index (χ1) is 10.8. The van der Waals surface area contributed by atoms with E-state index in [-0.39, 0.29) is 11.9 Å². The fourth-order valence-electron chi connectivity index (χ4n) is 3.32. The predicted octanol–water partition coefficient (Wildman–Crippen LogP) is 2.82. The molecule has 1 aliphatic carbocycles. The van der Waals surface area contributed by atoms with E-state index in [1.54, 1.807) is 11.0 Å². The molecule has 0 radical (unpaired) electrons. The smallest absolute Gasteiger partial charge is 0.369 e. The van der Waals surface area contributed by atoms with Gasteiger partial charge in [0.05, 0.1) is 5.56 Å². The molecule has 0 saturated heterocycles. The third-order valence-corrected chi connectivity index (χ3v) is 4.28. The molecule has 1 saturated carbocycles. The van der Waals surface area contributed by atoms with Crippen LogP contribution in [0.5, 0.6) is 0 Å². The molecule has 5 nitrogen and oxygen atoms in total. The lowest BCUT2D eigenvalue weighted by Gasteiger charge is -2.45. The minimum Gasteiger partial charge on any atom is -0.369 e. The van der Waals surface area contributed by atoms with E-state index in [4.69, 9.17) is 11.5 Å². The second kappa shape index (κ2) is 5.43. The summed E-state index contributed by atoms with van der Waals surface area (Å²) in [4.78, 5) is 9.99. The molecule has 1 spiro atoms. The molecular formula is C15H18F3N5. The van der Waals surface area contributed by atoms with Gasteiger partial charge in [0.1, 0.15) is 5.66 Å². The van der Waals surface area contributed by atoms with Gasteiger partial charge in [-0.15, -0.1) is 0 Å². The topological polar surface area (TPSA) is 80.0 Å². The monoisotopic (exact) mass is 325 g/mol. The molecule has 0 bridgehead atoms. The maximum atomic E-state index is 13.0. The fraction of sp³-hybridized carbons (Fsp3) is 0.467. The molecule has 1 heterocycles. The zero-order chi connectivity index (χ0) is 16.7. The van der Waals surface area contributed by atoms with Crippen molar-refractivity contribution in [1.29, 1.82) is 0 Å². The van der Waals surface area contributed by atoms with E-state index in [2.05, 4.69) is 9.98 Å². The van der Waals surface area contributed by atoms with Crippen LogP contribution in [-0.2, 0) is 6.18 Å². The van der Waals surface area contributed by atoms with Gasteiger partial charge in [0.25, 0.3) is 0 Å². The van der Waals surface area contributed by atoms with Gasteiger partial charge in [-0.3, -0.25) is 4.90 Å². The van der Waals surface area contributed by atoms with Crippen molar-refractivity contribution in [2.24, 2.45) is 21.5 Å². The van der Waals surface area contributed by atoms with Crippen LogP contribution in [0.3, 0.4) is 0 Å². The molecule has 3 rings (SSSR count). The van der Waals surface area contributed by atoms with Crippen molar-refractivity contribution in [2.45, 2.75) is 43.9 Å². The minimum atomic E-state index is -4.42. The zero-order valence-electron chi connectivity index (χ0n) is 12.5. The summed E-state index contributed by atoms with van der Waals surface area (Å²) in [6.07, 6.45) is -0.163. The molecule has 0 atom stereocenters. The number of alkyl halides is 3. The summed E-state index contributed by atoms with van der Waals surface area (Å²) in [5.41, 5.74) is 10.6. The molecule has 0 aromatic heterocycles. The summed E-state index contributed by atoms with van der Waals surface area (Å²) in [5.74, 6) is 0.159. The molecule has 1 aliphatic heterocycles. The van der Waals surface area contributed by atoms with Gasteiger partial charge < -0.3 is 11.5 Å². The Labute approximate surface area is 131 Å². The van der Waals surface area contributed by atoms with Crippen LogP contribution in [-0.4, -0.2) is 17.6 Å². The molecular weight excluding hydrogens is 307 g/mol. The van der Waals surface area contributed by atoms with Crippen LogP contribution >= 0.6 is 0 Å². The Bertz CT molecular complexity index is 659. The highest BCUT2D eigenvalue weighted by molar-refractivity contribution is 6.05. The average molecular weight is 325 g/mol. The van der Waals surface area contributed by atoms with Crippen molar-refractivity contribution >= 4 is 17.6 Å². The van der Waals surface area contributed by atoms with Gasteiger partial charge in [-0.1, -0.05) is 12.5 Å². The van der Waals surface area contributed by atoms with Crippen molar-refractivity contribution in [2.75, 3.05) is 4.90 Å². The largest absolute Gasteiger partial charge is 0.416 e. The first-order valence-electron chi connectivity index (χ1n) is 7.49. The van der Waals surface area contributed by atoms with E-state index >= 15 is 0 Å². The number of aliphatic imine (C=N–C) groups is 2. The van der Waals surface area contributed by atoms with E-state index in [9.17, 15) is 13.2 Å². The normalized spacial score (nSPS) is 21.1. The van der Waals surface area contributed by atoms with Gasteiger partial charge in [0.15, 0.2) is 0 Å². The van der Waals surface area contributed by atoms with Crippen LogP contribution < -0.4 is 16.4 Å². The number of halogens is 3.